The molecule has 1 atom stereocenters. The molecule has 0 bridgehead atoms. The van der Waals surface area contributed by atoms with E-state index in [1.165, 1.54) is 12.8 Å². The fourth-order valence-electron chi connectivity index (χ4n) is 3.09. The average Bonchev–Trinajstić information content (AvgIpc) is 3.16. The lowest BCUT2D eigenvalue weighted by Crippen LogP contribution is -2.37. The van der Waals surface area contributed by atoms with E-state index in [0.29, 0.717) is 5.92 Å². The molecule has 6 heteroatoms. The van der Waals surface area contributed by atoms with E-state index >= 15 is 0 Å². The highest BCUT2D eigenvalue weighted by Gasteiger charge is 2.22. The van der Waals surface area contributed by atoms with Gasteiger partial charge in [0.25, 0.3) is 0 Å². The normalized spacial score (nSPS) is 19.2. The van der Waals surface area contributed by atoms with Crippen molar-refractivity contribution in [2.75, 3.05) is 18.0 Å². The van der Waals surface area contributed by atoms with Gasteiger partial charge in [-0.05, 0) is 30.9 Å². The number of nitrogens with zero attached hydrogens (tertiary/aromatic N) is 5. The minimum atomic E-state index is 0.591. The molecule has 1 aliphatic rings. The predicted molar refractivity (Wildman–Crippen MR) is 81.1 cm³/mol. The van der Waals surface area contributed by atoms with Crippen LogP contribution < -0.4 is 4.90 Å². The van der Waals surface area contributed by atoms with Crippen molar-refractivity contribution >= 4 is 17.0 Å². The van der Waals surface area contributed by atoms with E-state index in [1.54, 1.807) is 12.7 Å². The molecule has 3 aromatic rings. The zero-order valence-electron chi connectivity index (χ0n) is 11.8. The minimum Gasteiger partial charge on any atom is -0.342 e. The molecule has 1 aromatic carbocycles. The summed E-state index contributed by atoms with van der Waals surface area (Å²) in [5, 5.41) is 4.21. The van der Waals surface area contributed by atoms with Crippen LogP contribution in [0.15, 0.2) is 36.9 Å². The molecule has 1 fully saturated rings. The highest BCUT2D eigenvalue weighted by molar-refractivity contribution is 5.77. The van der Waals surface area contributed by atoms with Crippen LogP contribution in [0.2, 0.25) is 0 Å². The van der Waals surface area contributed by atoms with Gasteiger partial charge in [0.2, 0.25) is 5.95 Å². The van der Waals surface area contributed by atoms with Crippen molar-refractivity contribution < 1.29 is 0 Å². The number of aromatic amines is 1. The second kappa shape index (κ2) is 5.20. The molecule has 0 radical (unpaired) electrons. The van der Waals surface area contributed by atoms with Gasteiger partial charge in [-0.3, -0.25) is 4.68 Å². The molecule has 0 saturated carbocycles. The van der Waals surface area contributed by atoms with Crippen LogP contribution in [-0.4, -0.2) is 37.8 Å². The van der Waals surface area contributed by atoms with Crippen LogP contribution in [0, 0.1) is 5.92 Å². The predicted octanol–water partition coefficient (Wildman–Crippen LogP) is 2.07. The Morgan fingerprint density at radius 2 is 2.24 bits per heavy atom. The number of benzene rings is 1. The molecular formula is C15H18N6. The van der Waals surface area contributed by atoms with Crippen molar-refractivity contribution in [1.82, 2.24) is 24.7 Å². The molecular weight excluding hydrogens is 264 g/mol. The number of hydrogen-bond donors (Lipinski definition) is 1. The van der Waals surface area contributed by atoms with Gasteiger partial charge in [0.1, 0.15) is 12.7 Å². The lowest BCUT2D eigenvalue weighted by atomic mass is 9.98. The van der Waals surface area contributed by atoms with Gasteiger partial charge in [-0.15, -0.1) is 0 Å². The van der Waals surface area contributed by atoms with Crippen molar-refractivity contribution in [2.24, 2.45) is 5.92 Å². The Labute approximate surface area is 122 Å². The molecule has 1 unspecified atom stereocenters. The van der Waals surface area contributed by atoms with Crippen molar-refractivity contribution in [3.05, 3.63) is 36.9 Å². The molecule has 108 valence electrons. The number of para-hydroxylation sites is 2. The summed E-state index contributed by atoms with van der Waals surface area (Å²) in [5.41, 5.74) is 2.14. The van der Waals surface area contributed by atoms with Gasteiger partial charge in [0.05, 0.1) is 11.0 Å². The Morgan fingerprint density at radius 3 is 3.10 bits per heavy atom. The third-order valence-electron chi connectivity index (χ3n) is 4.11. The van der Waals surface area contributed by atoms with Crippen LogP contribution in [0.5, 0.6) is 0 Å². The first-order valence-electron chi connectivity index (χ1n) is 7.40. The zero-order valence-corrected chi connectivity index (χ0v) is 11.8. The standard InChI is InChI=1S/C15H18N6/c1-2-6-14-13(5-1)18-15(19-14)20-7-3-4-12(8-20)9-21-11-16-10-17-21/h1-2,5-6,10-12H,3-4,7-9H2,(H,18,19). The summed E-state index contributed by atoms with van der Waals surface area (Å²) in [4.78, 5) is 14.5. The summed E-state index contributed by atoms with van der Waals surface area (Å²) in [6, 6.07) is 8.18. The number of rotatable bonds is 3. The van der Waals surface area contributed by atoms with Gasteiger partial charge < -0.3 is 9.88 Å². The topological polar surface area (TPSA) is 62.6 Å². The van der Waals surface area contributed by atoms with Crippen molar-refractivity contribution in [3.8, 4) is 0 Å². The highest BCUT2D eigenvalue weighted by Crippen LogP contribution is 2.24. The number of fused-ring (bicyclic) bond motifs is 1. The number of H-pyrrole nitrogens is 1. The van der Waals surface area contributed by atoms with Crippen LogP contribution in [0.4, 0.5) is 5.95 Å². The molecule has 1 saturated heterocycles. The maximum Gasteiger partial charge on any atom is 0.203 e. The van der Waals surface area contributed by atoms with Gasteiger partial charge in [-0.1, -0.05) is 12.1 Å². The first kappa shape index (κ1) is 12.4. The molecule has 1 N–H and O–H groups in total. The fourth-order valence-corrected chi connectivity index (χ4v) is 3.09. The lowest BCUT2D eigenvalue weighted by Gasteiger charge is -2.32. The molecule has 1 aliphatic heterocycles. The van der Waals surface area contributed by atoms with Crippen molar-refractivity contribution in [1.29, 1.82) is 0 Å². The number of aromatic nitrogens is 5. The Bertz CT molecular complexity index is 684. The van der Waals surface area contributed by atoms with E-state index in [1.807, 2.05) is 22.9 Å². The van der Waals surface area contributed by atoms with Crippen LogP contribution in [0.1, 0.15) is 12.8 Å². The number of imidazole rings is 1. The summed E-state index contributed by atoms with van der Waals surface area (Å²) in [6.07, 6.45) is 5.81. The quantitative estimate of drug-likeness (QED) is 0.799. The van der Waals surface area contributed by atoms with Gasteiger partial charge in [-0.2, -0.15) is 5.10 Å². The van der Waals surface area contributed by atoms with Gasteiger partial charge in [0, 0.05) is 19.6 Å². The third kappa shape index (κ3) is 2.49. The van der Waals surface area contributed by atoms with Crippen LogP contribution in [-0.2, 0) is 6.54 Å². The number of nitrogens with one attached hydrogen (secondary N) is 1. The Balaban J connectivity index is 1.52. The monoisotopic (exact) mass is 282 g/mol. The smallest absolute Gasteiger partial charge is 0.203 e. The molecule has 0 amide bonds. The van der Waals surface area contributed by atoms with Gasteiger partial charge in [0.15, 0.2) is 0 Å². The summed E-state index contributed by atoms with van der Waals surface area (Å²) >= 11 is 0. The number of anilines is 1. The van der Waals surface area contributed by atoms with E-state index in [0.717, 1.165) is 36.6 Å². The van der Waals surface area contributed by atoms with E-state index in [-0.39, 0.29) is 0 Å². The summed E-state index contributed by atoms with van der Waals surface area (Å²) in [7, 11) is 0. The van der Waals surface area contributed by atoms with Crippen LogP contribution in [0.3, 0.4) is 0 Å². The molecule has 21 heavy (non-hydrogen) atoms. The van der Waals surface area contributed by atoms with E-state index in [9.17, 15) is 0 Å². The maximum atomic E-state index is 4.70. The third-order valence-corrected chi connectivity index (χ3v) is 4.11. The Kier molecular flexibility index (Phi) is 3.06. The number of piperidine rings is 1. The largest absolute Gasteiger partial charge is 0.342 e. The summed E-state index contributed by atoms with van der Waals surface area (Å²) in [6.45, 7) is 3.00. The van der Waals surface area contributed by atoms with Crippen LogP contribution >= 0.6 is 0 Å². The average molecular weight is 282 g/mol. The zero-order chi connectivity index (χ0) is 14.1. The minimum absolute atomic E-state index is 0.591. The molecule has 3 heterocycles. The first-order valence-corrected chi connectivity index (χ1v) is 7.40. The summed E-state index contributed by atoms with van der Waals surface area (Å²) < 4.78 is 1.92. The van der Waals surface area contributed by atoms with Crippen molar-refractivity contribution in [2.45, 2.75) is 19.4 Å². The molecule has 0 aliphatic carbocycles. The number of hydrogen-bond acceptors (Lipinski definition) is 4. The lowest BCUT2D eigenvalue weighted by molar-refractivity contribution is 0.349. The van der Waals surface area contributed by atoms with E-state index in [2.05, 4.69) is 26.0 Å². The van der Waals surface area contributed by atoms with Gasteiger partial charge >= 0.3 is 0 Å². The maximum absolute atomic E-state index is 4.70. The second-order valence-electron chi connectivity index (χ2n) is 5.65. The Morgan fingerprint density at radius 1 is 1.29 bits per heavy atom. The summed E-state index contributed by atoms with van der Waals surface area (Å²) in [5.74, 6) is 1.58. The molecule has 2 aromatic heterocycles. The highest BCUT2D eigenvalue weighted by atomic mass is 15.3. The van der Waals surface area contributed by atoms with Crippen LogP contribution in [0.25, 0.3) is 11.0 Å². The SMILES string of the molecule is c1ccc2[nH]c(N3CCCC(Cn4cncn4)C3)nc2c1. The molecule has 4 rings (SSSR count). The first-order chi connectivity index (χ1) is 10.4. The molecule has 0 spiro atoms. The van der Waals surface area contributed by atoms with E-state index < -0.39 is 0 Å². The second-order valence-corrected chi connectivity index (χ2v) is 5.65. The molecule has 6 nitrogen and oxygen atoms in total. The van der Waals surface area contributed by atoms with E-state index in [4.69, 9.17) is 4.98 Å². The fraction of sp³-hybridized carbons (Fsp3) is 0.400. The van der Waals surface area contributed by atoms with Gasteiger partial charge in [-0.25, -0.2) is 9.97 Å². The van der Waals surface area contributed by atoms with Crippen molar-refractivity contribution in [3.63, 3.8) is 0 Å². The Hall–Kier alpha value is -2.37.